The van der Waals surface area contributed by atoms with Gasteiger partial charge in [0, 0.05) is 6.07 Å². The Balaban J connectivity index is 2.97. The van der Waals surface area contributed by atoms with E-state index in [1.807, 2.05) is 0 Å². The lowest BCUT2D eigenvalue weighted by Gasteiger charge is -2.13. The minimum Gasteiger partial charge on any atom is -0.465 e. The van der Waals surface area contributed by atoms with Gasteiger partial charge < -0.3 is 14.9 Å². The third kappa shape index (κ3) is 3.74. The molecule has 0 radical (unpaired) electrons. The average Bonchev–Trinajstić information content (AvgIpc) is 2.79. The smallest absolute Gasteiger partial charge is 0.341 e. The molecule has 114 valence electrons. The van der Waals surface area contributed by atoms with Crippen LogP contribution in [0.15, 0.2) is 15.6 Å². The molecule has 0 atom stereocenters. The Morgan fingerprint density at radius 1 is 1.55 bits per heavy atom. The highest BCUT2D eigenvalue weighted by molar-refractivity contribution is 7.89. The third-order valence-corrected chi connectivity index (χ3v) is 3.64. The second-order valence-corrected chi connectivity index (χ2v) is 5.61. The van der Waals surface area contributed by atoms with E-state index in [-0.39, 0.29) is 11.3 Å². The number of carbonyl (C=O) groups excluding carboxylic acids is 1. The summed E-state index contributed by atoms with van der Waals surface area (Å²) in [5.74, 6) is -4.16. The predicted octanol–water partition coefficient (Wildman–Crippen LogP) is 0.247. The number of sulfonamides is 1. The number of halogens is 2. The van der Waals surface area contributed by atoms with Gasteiger partial charge in [-0.05, 0) is 6.92 Å². The highest BCUT2D eigenvalue weighted by atomic mass is 32.2. The van der Waals surface area contributed by atoms with E-state index in [0.717, 1.165) is 13.2 Å². The molecule has 0 aliphatic rings. The summed E-state index contributed by atoms with van der Waals surface area (Å²) >= 11 is 0. The third-order valence-electron chi connectivity index (χ3n) is 2.38. The summed E-state index contributed by atoms with van der Waals surface area (Å²) in [6.07, 6.45) is 0. The molecule has 0 amide bonds. The summed E-state index contributed by atoms with van der Waals surface area (Å²) in [7, 11) is -3.19. The Morgan fingerprint density at radius 2 is 2.15 bits per heavy atom. The number of rotatable bonds is 6. The van der Waals surface area contributed by atoms with Crippen molar-refractivity contribution in [3.8, 4) is 0 Å². The molecule has 0 bridgehead atoms. The van der Waals surface area contributed by atoms with Crippen LogP contribution in [0.1, 0.15) is 16.1 Å². The number of hydrogen-bond donors (Lipinski definition) is 2. The maximum atomic E-state index is 12.9. The van der Waals surface area contributed by atoms with E-state index in [9.17, 15) is 22.0 Å². The first-order valence-electron chi connectivity index (χ1n) is 5.39. The number of methoxy groups -OCH3 is 1. The quantitative estimate of drug-likeness (QED) is 0.728. The topological polar surface area (TPSA) is 112 Å². The van der Waals surface area contributed by atoms with E-state index in [1.54, 1.807) is 4.72 Å². The van der Waals surface area contributed by atoms with Crippen LogP contribution in [-0.4, -0.2) is 40.5 Å². The van der Waals surface area contributed by atoms with Crippen molar-refractivity contribution in [2.45, 2.75) is 17.9 Å². The van der Waals surface area contributed by atoms with E-state index in [0.29, 0.717) is 0 Å². The number of nitrogens with one attached hydrogen (secondary N) is 1. The van der Waals surface area contributed by atoms with E-state index in [1.165, 1.54) is 6.92 Å². The molecular formula is C10H14F2N2O5S. The Kier molecular flexibility index (Phi) is 4.84. The number of nitrogens with two attached hydrogens (primary N) is 1. The monoisotopic (exact) mass is 312 g/mol. The Hall–Kier alpha value is -1.52. The average molecular weight is 312 g/mol. The van der Waals surface area contributed by atoms with Crippen molar-refractivity contribution in [1.82, 2.24) is 4.72 Å². The van der Waals surface area contributed by atoms with E-state index in [2.05, 4.69) is 4.74 Å². The van der Waals surface area contributed by atoms with Crippen LogP contribution < -0.4 is 10.5 Å². The zero-order valence-electron chi connectivity index (χ0n) is 10.8. The number of aryl methyl sites for hydroxylation is 1. The minimum atomic E-state index is -4.31. The Bertz CT molecular complexity index is 597. The molecule has 0 saturated carbocycles. The van der Waals surface area contributed by atoms with Crippen molar-refractivity contribution < 1.29 is 31.1 Å². The Morgan fingerprint density at radius 3 is 2.65 bits per heavy atom. The molecule has 0 aliphatic heterocycles. The summed E-state index contributed by atoms with van der Waals surface area (Å²) in [5.41, 5.74) is 4.69. The van der Waals surface area contributed by atoms with Crippen molar-refractivity contribution >= 4 is 16.0 Å². The predicted molar refractivity (Wildman–Crippen MR) is 64.0 cm³/mol. The molecule has 0 unspecified atom stereocenters. The standard InChI is InChI=1S/C10H14F2N2O5S/c1-6-7(9(15)18-2)3-8(19-6)20(16,17)14-5-10(11,12)4-13/h3,14H,4-5,13H2,1-2H3. The van der Waals surface area contributed by atoms with Crippen molar-refractivity contribution in [3.63, 3.8) is 0 Å². The first-order valence-corrected chi connectivity index (χ1v) is 6.87. The molecule has 1 heterocycles. The van der Waals surface area contributed by atoms with Gasteiger partial charge >= 0.3 is 5.97 Å². The zero-order valence-corrected chi connectivity index (χ0v) is 11.6. The summed E-state index contributed by atoms with van der Waals surface area (Å²) < 4.78 is 60.3. The van der Waals surface area contributed by atoms with Gasteiger partial charge in [0.1, 0.15) is 11.3 Å². The number of furan rings is 1. The van der Waals surface area contributed by atoms with Crippen molar-refractivity contribution in [2.24, 2.45) is 5.73 Å². The SMILES string of the molecule is COC(=O)c1cc(S(=O)(=O)NCC(F)(F)CN)oc1C. The molecule has 7 nitrogen and oxygen atoms in total. The number of alkyl halides is 2. The van der Waals surface area contributed by atoms with Crippen molar-refractivity contribution in [1.29, 1.82) is 0 Å². The Labute approximate surface area is 114 Å². The van der Waals surface area contributed by atoms with Gasteiger partial charge in [-0.1, -0.05) is 0 Å². The van der Waals surface area contributed by atoms with Gasteiger partial charge in [-0.2, -0.15) is 0 Å². The van der Waals surface area contributed by atoms with Crippen LogP contribution in [0.2, 0.25) is 0 Å². The highest BCUT2D eigenvalue weighted by Crippen LogP contribution is 2.20. The zero-order chi connectivity index (χ0) is 15.6. The molecule has 0 aromatic carbocycles. The van der Waals surface area contributed by atoms with Crippen LogP contribution >= 0.6 is 0 Å². The summed E-state index contributed by atoms with van der Waals surface area (Å²) in [6.45, 7) is -0.820. The lowest BCUT2D eigenvalue weighted by molar-refractivity contribution is 0.0169. The molecule has 0 spiro atoms. The second kappa shape index (κ2) is 5.85. The fourth-order valence-corrected chi connectivity index (χ4v) is 2.29. The number of ether oxygens (including phenoxy) is 1. The maximum absolute atomic E-state index is 12.9. The molecular weight excluding hydrogens is 298 g/mol. The first kappa shape index (κ1) is 16.5. The van der Waals surface area contributed by atoms with Crippen LogP contribution in [0.3, 0.4) is 0 Å². The van der Waals surface area contributed by atoms with Crippen LogP contribution in [0.4, 0.5) is 8.78 Å². The summed E-state index contributed by atoms with van der Waals surface area (Å²) in [6, 6.07) is 0.907. The van der Waals surface area contributed by atoms with Crippen LogP contribution in [0.5, 0.6) is 0 Å². The minimum absolute atomic E-state index is 0.00260. The summed E-state index contributed by atoms with van der Waals surface area (Å²) in [4.78, 5) is 11.3. The molecule has 10 heteroatoms. The largest absolute Gasteiger partial charge is 0.465 e. The van der Waals surface area contributed by atoms with Gasteiger partial charge in [0.15, 0.2) is 0 Å². The fourth-order valence-electron chi connectivity index (χ4n) is 1.24. The second-order valence-electron chi connectivity index (χ2n) is 3.91. The lowest BCUT2D eigenvalue weighted by atomic mass is 10.3. The molecule has 1 aromatic heterocycles. The van der Waals surface area contributed by atoms with Gasteiger partial charge in [-0.15, -0.1) is 0 Å². The van der Waals surface area contributed by atoms with E-state index in [4.69, 9.17) is 10.2 Å². The number of esters is 1. The summed E-state index contributed by atoms with van der Waals surface area (Å²) in [5, 5.41) is -0.650. The van der Waals surface area contributed by atoms with Crippen LogP contribution in [-0.2, 0) is 14.8 Å². The molecule has 0 aliphatic carbocycles. The first-order chi connectivity index (χ1) is 9.13. The van der Waals surface area contributed by atoms with Gasteiger partial charge in [0.05, 0.1) is 20.2 Å². The lowest BCUT2D eigenvalue weighted by Crippen LogP contribution is -2.41. The van der Waals surface area contributed by atoms with Crippen molar-refractivity contribution in [2.75, 3.05) is 20.2 Å². The van der Waals surface area contributed by atoms with Gasteiger partial charge in [-0.25, -0.2) is 26.7 Å². The van der Waals surface area contributed by atoms with Crippen LogP contribution in [0.25, 0.3) is 0 Å². The fraction of sp³-hybridized carbons (Fsp3) is 0.500. The molecule has 0 fully saturated rings. The van der Waals surface area contributed by atoms with E-state index < -0.39 is 40.1 Å². The van der Waals surface area contributed by atoms with Gasteiger partial charge in [0.25, 0.3) is 15.9 Å². The molecule has 1 rings (SSSR count). The number of hydrogen-bond acceptors (Lipinski definition) is 6. The van der Waals surface area contributed by atoms with Gasteiger partial charge in [0.2, 0.25) is 5.09 Å². The number of carbonyl (C=O) groups is 1. The maximum Gasteiger partial charge on any atom is 0.341 e. The molecule has 1 aromatic rings. The van der Waals surface area contributed by atoms with Crippen molar-refractivity contribution in [3.05, 3.63) is 17.4 Å². The molecule has 0 saturated heterocycles. The molecule has 20 heavy (non-hydrogen) atoms. The molecule has 3 N–H and O–H groups in total. The highest BCUT2D eigenvalue weighted by Gasteiger charge is 2.31. The van der Waals surface area contributed by atoms with E-state index >= 15 is 0 Å². The van der Waals surface area contributed by atoms with Crippen LogP contribution in [0, 0.1) is 6.92 Å². The normalized spacial score (nSPS) is 12.4. The van der Waals surface area contributed by atoms with Gasteiger partial charge in [-0.3, -0.25) is 0 Å².